The number of esters is 4. The molecule has 0 aromatic carbocycles. The molecule has 0 heterocycles. The predicted octanol–water partition coefficient (Wildman–Crippen LogP) is 1.49. The topological polar surface area (TPSA) is 183 Å². The zero-order valence-electron chi connectivity index (χ0n) is 34.2. The van der Waals surface area contributed by atoms with Gasteiger partial charge in [-0.3, -0.25) is 19.2 Å². The average Bonchev–Trinajstić information content (AvgIpc) is 3.46. The molecule has 11 atom stereocenters. The van der Waals surface area contributed by atoms with Gasteiger partial charge >= 0.3 is 23.9 Å². The van der Waals surface area contributed by atoms with Gasteiger partial charge in [0, 0.05) is 37.0 Å². The SMILES string of the molecule is C[C@H](CCC(=O)OCC[N+](C)(C)C)[C@H]1CC[C@H]2[C@@H]3[C@H](OC(=O)CCCN)C[C@@H]4C[C@H](OC(=O)CCCN)CC[C@]4(C)[C@H]3C[C@H](OC(=O)CCCN)[C@]12C.[I-]. The van der Waals surface area contributed by atoms with Crippen LogP contribution in [0.25, 0.3) is 0 Å². The summed E-state index contributed by atoms with van der Waals surface area (Å²) in [6, 6.07) is 0. The lowest BCUT2D eigenvalue weighted by molar-refractivity contribution is -0.870. The van der Waals surface area contributed by atoms with E-state index >= 15 is 0 Å². The van der Waals surface area contributed by atoms with E-state index in [1.54, 1.807) is 0 Å². The number of carbonyl (C=O) groups is 4. The summed E-state index contributed by atoms with van der Waals surface area (Å²) in [6.07, 6.45) is 8.54. The molecule has 4 aliphatic rings. The summed E-state index contributed by atoms with van der Waals surface area (Å²) >= 11 is 0. The Kier molecular flexibility index (Phi) is 18.0. The highest BCUT2D eigenvalue weighted by Gasteiger charge is 2.67. The quantitative estimate of drug-likeness (QED) is 0.0741. The Balaban J connectivity index is 0.00000784. The minimum atomic E-state index is -0.368. The van der Waals surface area contributed by atoms with Gasteiger partial charge in [-0.1, -0.05) is 20.8 Å². The number of hydrogen-bond donors (Lipinski definition) is 3. The molecule has 0 saturated heterocycles. The van der Waals surface area contributed by atoms with Crippen LogP contribution < -0.4 is 41.2 Å². The Morgan fingerprint density at radius 2 is 1.33 bits per heavy atom. The molecule has 4 fully saturated rings. The van der Waals surface area contributed by atoms with Crippen molar-refractivity contribution < 1.29 is 66.6 Å². The lowest BCUT2D eigenvalue weighted by Crippen LogP contribution is -3.00. The molecule has 0 bridgehead atoms. The number of hydrogen-bond acceptors (Lipinski definition) is 11. The van der Waals surface area contributed by atoms with Gasteiger partial charge in [0.1, 0.15) is 31.5 Å². The molecule has 12 nitrogen and oxygen atoms in total. The molecule has 0 aromatic rings. The largest absolute Gasteiger partial charge is 1.00 e. The van der Waals surface area contributed by atoms with E-state index in [9.17, 15) is 19.2 Å². The zero-order valence-corrected chi connectivity index (χ0v) is 36.3. The normalized spacial score (nSPS) is 33.6. The lowest BCUT2D eigenvalue weighted by atomic mass is 9.43. The molecule has 6 N–H and O–H groups in total. The second kappa shape index (κ2) is 20.7. The monoisotopic (exact) mass is 876 g/mol. The molecule has 0 aliphatic heterocycles. The summed E-state index contributed by atoms with van der Waals surface area (Å²) in [7, 11) is 6.23. The van der Waals surface area contributed by atoms with Gasteiger partial charge in [0.2, 0.25) is 0 Å². The number of likely N-dealkylation sites (N-methyl/N-ethyl adjacent to an activating group) is 1. The van der Waals surface area contributed by atoms with Crippen molar-refractivity contribution in [2.24, 2.45) is 63.5 Å². The van der Waals surface area contributed by atoms with E-state index in [1.165, 1.54) is 0 Å². The van der Waals surface area contributed by atoms with Crippen LogP contribution in [0.1, 0.15) is 117 Å². The van der Waals surface area contributed by atoms with E-state index in [2.05, 4.69) is 41.9 Å². The predicted molar refractivity (Wildman–Crippen MR) is 203 cm³/mol. The third-order valence-electron chi connectivity index (χ3n) is 13.9. The van der Waals surface area contributed by atoms with E-state index in [0.29, 0.717) is 71.2 Å². The van der Waals surface area contributed by atoms with Crippen molar-refractivity contribution in [1.29, 1.82) is 0 Å². The Bertz CT molecular complexity index is 1250. The van der Waals surface area contributed by atoms with Crippen molar-refractivity contribution in [1.82, 2.24) is 0 Å². The van der Waals surface area contributed by atoms with Crippen LogP contribution in [0.4, 0.5) is 0 Å². The fourth-order valence-corrected chi connectivity index (χ4v) is 10.9. The van der Waals surface area contributed by atoms with Crippen LogP contribution in [0.2, 0.25) is 0 Å². The number of ether oxygens (including phenoxy) is 4. The number of rotatable bonds is 19. The smallest absolute Gasteiger partial charge is 0.306 e. The molecule has 4 rings (SSSR count). The van der Waals surface area contributed by atoms with Crippen LogP contribution >= 0.6 is 0 Å². The number of nitrogens with zero attached hydrogens (tertiary/aromatic N) is 1. The maximum Gasteiger partial charge on any atom is 0.306 e. The van der Waals surface area contributed by atoms with Crippen molar-refractivity contribution in [3.8, 4) is 0 Å². The number of halogens is 1. The molecule has 4 saturated carbocycles. The summed E-state index contributed by atoms with van der Waals surface area (Å²) in [5.41, 5.74) is 16.7. The van der Waals surface area contributed by atoms with Gasteiger partial charge in [-0.15, -0.1) is 0 Å². The third kappa shape index (κ3) is 11.5. The maximum atomic E-state index is 13.4. The Morgan fingerprint density at radius 1 is 0.741 bits per heavy atom. The summed E-state index contributed by atoms with van der Waals surface area (Å²) in [5.74, 6) is 0.187. The van der Waals surface area contributed by atoms with Crippen molar-refractivity contribution in [2.75, 3.05) is 53.9 Å². The van der Waals surface area contributed by atoms with Crippen LogP contribution in [-0.2, 0) is 38.1 Å². The molecular weight excluding hydrogens is 803 g/mol. The van der Waals surface area contributed by atoms with Gasteiger partial charge in [-0.05, 0) is 125 Å². The fourth-order valence-electron chi connectivity index (χ4n) is 10.9. The highest BCUT2D eigenvalue weighted by Crippen LogP contribution is 2.69. The minimum absolute atomic E-state index is 0. The van der Waals surface area contributed by atoms with Crippen LogP contribution in [0.15, 0.2) is 0 Å². The molecule has 13 heteroatoms. The number of nitrogens with two attached hydrogens (primary N) is 3. The molecule has 312 valence electrons. The third-order valence-corrected chi connectivity index (χ3v) is 13.9. The Hall–Kier alpha value is -1.55. The second-order valence-electron chi connectivity index (χ2n) is 18.3. The summed E-state index contributed by atoms with van der Waals surface area (Å²) in [4.78, 5) is 52.3. The van der Waals surface area contributed by atoms with Crippen LogP contribution in [0.5, 0.6) is 0 Å². The minimum Gasteiger partial charge on any atom is -1.00 e. The van der Waals surface area contributed by atoms with E-state index in [0.717, 1.165) is 49.6 Å². The van der Waals surface area contributed by atoms with Crippen LogP contribution in [-0.4, -0.2) is 101 Å². The van der Waals surface area contributed by atoms with Gasteiger partial charge in [-0.25, -0.2) is 0 Å². The van der Waals surface area contributed by atoms with E-state index < -0.39 is 0 Å². The van der Waals surface area contributed by atoms with Gasteiger partial charge in [-0.2, -0.15) is 0 Å². The van der Waals surface area contributed by atoms with Crippen molar-refractivity contribution in [3.05, 3.63) is 0 Å². The molecule has 0 spiro atoms. The summed E-state index contributed by atoms with van der Waals surface area (Å²) in [6.45, 7) is 9.35. The highest BCUT2D eigenvalue weighted by molar-refractivity contribution is 5.70. The van der Waals surface area contributed by atoms with Crippen molar-refractivity contribution >= 4 is 23.9 Å². The van der Waals surface area contributed by atoms with Gasteiger partial charge in [0.15, 0.2) is 0 Å². The molecule has 0 radical (unpaired) electrons. The Labute approximate surface area is 342 Å². The number of quaternary nitrogens is 1. The first-order valence-corrected chi connectivity index (χ1v) is 20.7. The number of fused-ring (bicyclic) bond motifs is 5. The van der Waals surface area contributed by atoms with Gasteiger partial charge < -0.3 is 64.6 Å². The van der Waals surface area contributed by atoms with Crippen molar-refractivity contribution in [3.63, 3.8) is 0 Å². The second-order valence-corrected chi connectivity index (χ2v) is 18.3. The van der Waals surface area contributed by atoms with Crippen LogP contribution in [0.3, 0.4) is 0 Å². The summed E-state index contributed by atoms with van der Waals surface area (Å²) in [5, 5.41) is 0. The van der Waals surface area contributed by atoms with E-state index in [1.807, 2.05) is 0 Å². The first-order valence-electron chi connectivity index (χ1n) is 20.7. The first-order chi connectivity index (χ1) is 25.1. The fraction of sp³-hybridized carbons (Fsp3) is 0.902. The van der Waals surface area contributed by atoms with E-state index in [-0.39, 0.29) is 125 Å². The lowest BCUT2D eigenvalue weighted by Gasteiger charge is -2.64. The van der Waals surface area contributed by atoms with Crippen molar-refractivity contribution in [2.45, 2.75) is 135 Å². The Morgan fingerprint density at radius 3 is 1.93 bits per heavy atom. The maximum absolute atomic E-state index is 13.4. The number of carbonyl (C=O) groups excluding carboxylic acids is 4. The average molecular weight is 877 g/mol. The van der Waals surface area contributed by atoms with E-state index in [4.69, 9.17) is 36.1 Å². The van der Waals surface area contributed by atoms with Crippen LogP contribution in [0, 0.1) is 46.3 Å². The standard InChI is InChI=1S/C41H73N4O8.HI/c1-27(13-16-35(46)50-23-22-45(4,5)6)30-14-15-31-39-32(26-34(41(30,31)3)53-38(49)12-9-21-44)40(2)18-17-29(51-36(47)10-7-19-42)24-28(40)25-33(39)52-37(48)11-8-20-43;/h27-34,39H,7-26,42-44H2,1-6H3;1H/q+1;/p-1/t27-,28+,29-,30-,31+,32+,33-,34+,39+,40+,41-;/m1./s1. The molecule has 0 unspecified atom stereocenters. The molecule has 4 aliphatic carbocycles. The molecule has 0 aromatic heterocycles. The molecule has 0 amide bonds. The molecule has 54 heavy (non-hydrogen) atoms. The highest BCUT2D eigenvalue weighted by atomic mass is 127. The van der Waals surface area contributed by atoms with Gasteiger partial charge in [0.05, 0.1) is 21.1 Å². The van der Waals surface area contributed by atoms with Gasteiger partial charge in [0.25, 0.3) is 0 Å². The first kappa shape index (κ1) is 46.8. The summed E-state index contributed by atoms with van der Waals surface area (Å²) < 4.78 is 25.4. The zero-order chi connectivity index (χ0) is 39.0. The molecular formula is C41H73IN4O8.